The molecule has 4 rings (SSSR count). The Labute approximate surface area is 385 Å². The Balaban J connectivity index is 1.31. The Hall–Kier alpha value is -4.08. The molecule has 0 saturated heterocycles. The Bertz CT molecular complexity index is 1470. The molecule has 0 heterocycles. The van der Waals surface area contributed by atoms with Crippen LogP contribution in [0.1, 0.15) is 203 Å². The van der Waals surface area contributed by atoms with Gasteiger partial charge in [-0.15, -0.1) is 0 Å². The van der Waals surface area contributed by atoms with Crippen LogP contribution in [0.15, 0.2) is 48.5 Å². The van der Waals surface area contributed by atoms with Crippen molar-refractivity contribution < 1.29 is 47.6 Å². The molecule has 2 saturated carbocycles. The number of unbranched alkanes of at least 4 members (excludes halogenated alkanes) is 6. The number of carbonyl (C=O) groups excluding carboxylic acids is 4. The van der Waals surface area contributed by atoms with Crippen molar-refractivity contribution in [1.29, 1.82) is 0 Å². The van der Waals surface area contributed by atoms with E-state index in [-0.39, 0.29) is 24.3 Å². The van der Waals surface area contributed by atoms with Gasteiger partial charge in [0.1, 0.15) is 11.5 Å². The van der Waals surface area contributed by atoms with Gasteiger partial charge in [0.2, 0.25) is 12.2 Å². The van der Waals surface area contributed by atoms with Gasteiger partial charge in [0.05, 0.1) is 37.6 Å². The Morgan fingerprint density at radius 3 is 1.05 bits per heavy atom. The van der Waals surface area contributed by atoms with E-state index in [1.54, 1.807) is 48.5 Å². The fourth-order valence-electron chi connectivity index (χ4n) is 9.11. The van der Waals surface area contributed by atoms with E-state index in [0.29, 0.717) is 37.6 Å². The molecular formula is C54H82O10. The largest absolute Gasteiger partial charge is 0.494 e. The molecule has 2 atom stereocenters. The first-order valence-electron chi connectivity index (χ1n) is 25.4. The monoisotopic (exact) mass is 891 g/mol. The van der Waals surface area contributed by atoms with Crippen molar-refractivity contribution in [3.05, 3.63) is 59.7 Å². The normalized spacial score (nSPS) is 19.5. The average Bonchev–Trinajstić information content (AvgIpc) is 3.31. The fourth-order valence-corrected chi connectivity index (χ4v) is 9.11. The van der Waals surface area contributed by atoms with Crippen LogP contribution in [0.3, 0.4) is 0 Å². The second-order valence-corrected chi connectivity index (χ2v) is 18.5. The lowest BCUT2D eigenvalue weighted by Crippen LogP contribution is -2.47. The molecule has 0 aliphatic heterocycles. The van der Waals surface area contributed by atoms with Gasteiger partial charge in [0.25, 0.3) is 0 Å². The SMILES string of the molecule is CCCCC[C@H]1CC[C@H](CCCOc2ccc(C(=O)O[C@@H](C(=O)OCCCC)[C@@H](OC(=O)c3ccc(OCCC[C@H]4CC[C@H](CCCCC)CC4)cc3)C(=O)OCCCC)cc2)CC1. The number of hydrogen-bond acceptors (Lipinski definition) is 10. The Kier molecular flexibility index (Phi) is 25.4. The smallest absolute Gasteiger partial charge is 0.352 e. The van der Waals surface area contributed by atoms with Crippen LogP contribution in [-0.4, -0.2) is 62.5 Å². The van der Waals surface area contributed by atoms with Gasteiger partial charge in [-0.2, -0.15) is 0 Å². The maximum atomic E-state index is 13.6. The third-order valence-corrected chi connectivity index (χ3v) is 13.3. The molecule has 0 amide bonds. The molecule has 2 fully saturated rings. The summed E-state index contributed by atoms with van der Waals surface area (Å²) in [6, 6.07) is 12.9. The molecule has 0 radical (unpaired) electrons. The summed E-state index contributed by atoms with van der Waals surface area (Å²) >= 11 is 0. The zero-order valence-corrected chi connectivity index (χ0v) is 40.0. The highest BCUT2D eigenvalue weighted by molar-refractivity contribution is 5.96. The lowest BCUT2D eigenvalue weighted by molar-refractivity contribution is -0.174. The van der Waals surface area contributed by atoms with Crippen LogP contribution in [0.5, 0.6) is 11.5 Å². The van der Waals surface area contributed by atoms with Gasteiger partial charge in [-0.1, -0.05) is 143 Å². The summed E-state index contributed by atoms with van der Waals surface area (Å²) in [6.45, 7) is 9.62. The number of esters is 4. The first kappa shape index (κ1) is 52.5. The second-order valence-electron chi connectivity index (χ2n) is 18.5. The second kappa shape index (κ2) is 30.9. The highest BCUT2D eigenvalue weighted by Gasteiger charge is 2.43. The third kappa shape index (κ3) is 19.6. The summed E-state index contributed by atoms with van der Waals surface area (Å²) in [6.07, 6.45) is 24.3. The van der Waals surface area contributed by atoms with Crippen LogP contribution in [0.25, 0.3) is 0 Å². The molecule has 0 unspecified atom stereocenters. The first-order chi connectivity index (χ1) is 31.2. The van der Waals surface area contributed by atoms with E-state index in [2.05, 4.69) is 13.8 Å². The molecule has 0 N–H and O–H groups in total. The molecule has 10 nitrogen and oxygen atoms in total. The van der Waals surface area contributed by atoms with Gasteiger partial charge in [-0.3, -0.25) is 0 Å². The minimum Gasteiger partial charge on any atom is -0.494 e. The minimum absolute atomic E-state index is 0.0307. The highest BCUT2D eigenvalue weighted by atomic mass is 16.6. The number of ether oxygens (including phenoxy) is 6. The summed E-state index contributed by atoms with van der Waals surface area (Å²) in [4.78, 5) is 54.3. The summed E-state index contributed by atoms with van der Waals surface area (Å²) in [5.41, 5.74) is 0.249. The van der Waals surface area contributed by atoms with Crippen molar-refractivity contribution in [2.75, 3.05) is 26.4 Å². The molecule has 2 aromatic rings. The Morgan fingerprint density at radius 1 is 0.422 bits per heavy atom. The van der Waals surface area contributed by atoms with Gasteiger partial charge >= 0.3 is 23.9 Å². The highest BCUT2D eigenvalue weighted by Crippen LogP contribution is 2.35. The first-order valence-corrected chi connectivity index (χ1v) is 25.4. The zero-order valence-electron chi connectivity index (χ0n) is 40.0. The maximum absolute atomic E-state index is 13.6. The molecule has 2 aliphatic rings. The third-order valence-electron chi connectivity index (χ3n) is 13.3. The number of carbonyl (C=O) groups is 4. The Morgan fingerprint density at radius 2 is 0.734 bits per heavy atom. The van der Waals surface area contributed by atoms with Gasteiger partial charge < -0.3 is 28.4 Å². The molecular weight excluding hydrogens is 809 g/mol. The van der Waals surface area contributed by atoms with Crippen molar-refractivity contribution >= 4 is 23.9 Å². The van der Waals surface area contributed by atoms with Crippen LogP contribution in [0.2, 0.25) is 0 Å². The van der Waals surface area contributed by atoms with Crippen LogP contribution >= 0.6 is 0 Å². The molecule has 358 valence electrons. The van der Waals surface area contributed by atoms with E-state index < -0.39 is 36.1 Å². The van der Waals surface area contributed by atoms with E-state index in [1.165, 1.54) is 103 Å². The standard InChI is InChI=1S/C54H82O10/c1-5-9-13-17-41-21-25-43(26-22-41)19-15-39-59-47-33-29-45(30-34-47)51(55)63-49(53(57)61-37-11-7-3)50(54(58)62-38-12-8-4)64-52(56)46-31-35-48(36-32-46)60-40-16-20-44-27-23-42(24-28-44)18-14-10-6-2/h29-36,41-44,49-50H,5-28,37-40H2,1-4H3/t41-,42-,43-,44-,49-,50-/m1/s1. The molecule has 64 heavy (non-hydrogen) atoms. The molecule has 0 aromatic heterocycles. The summed E-state index contributed by atoms with van der Waals surface area (Å²) in [5.74, 6) is 0.721. The quantitative estimate of drug-likeness (QED) is 0.0410. The van der Waals surface area contributed by atoms with Crippen LogP contribution < -0.4 is 9.47 Å². The molecule has 0 bridgehead atoms. The number of rotatable bonds is 31. The van der Waals surface area contributed by atoms with Gasteiger partial charge in [0.15, 0.2) is 0 Å². The van der Waals surface area contributed by atoms with E-state index in [4.69, 9.17) is 28.4 Å². The average molecular weight is 891 g/mol. The van der Waals surface area contributed by atoms with E-state index in [1.807, 2.05) is 13.8 Å². The zero-order chi connectivity index (χ0) is 45.8. The van der Waals surface area contributed by atoms with Crippen LogP contribution in [-0.2, 0) is 28.5 Å². The lowest BCUT2D eigenvalue weighted by Gasteiger charge is -2.28. The number of hydrogen-bond donors (Lipinski definition) is 0. The van der Waals surface area contributed by atoms with Crippen molar-refractivity contribution in [2.45, 2.75) is 194 Å². The minimum atomic E-state index is -1.91. The lowest BCUT2D eigenvalue weighted by atomic mass is 9.78. The van der Waals surface area contributed by atoms with E-state index in [9.17, 15) is 19.2 Å². The van der Waals surface area contributed by atoms with Crippen molar-refractivity contribution in [1.82, 2.24) is 0 Å². The van der Waals surface area contributed by atoms with Crippen molar-refractivity contribution in [3.63, 3.8) is 0 Å². The summed E-state index contributed by atoms with van der Waals surface area (Å²) in [7, 11) is 0. The van der Waals surface area contributed by atoms with Crippen LogP contribution in [0.4, 0.5) is 0 Å². The van der Waals surface area contributed by atoms with Gasteiger partial charge in [-0.25, -0.2) is 19.2 Å². The van der Waals surface area contributed by atoms with Gasteiger partial charge in [0, 0.05) is 0 Å². The predicted molar refractivity (Wildman–Crippen MR) is 252 cm³/mol. The molecule has 2 aromatic carbocycles. The summed E-state index contributed by atoms with van der Waals surface area (Å²) < 4.78 is 34.3. The topological polar surface area (TPSA) is 124 Å². The number of benzene rings is 2. The van der Waals surface area contributed by atoms with Crippen LogP contribution in [0, 0.1) is 23.7 Å². The van der Waals surface area contributed by atoms with E-state index >= 15 is 0 Å². The van der Waals surface area contributed by atoms with Gasteiger partial charge in [-0.05, 0) is 111 Å². The maximum Gasteiger partial charge on any atom is 0.352 e. The predicted octanol–water partition coefficient (Wildman–Crippen LogP) is 13.2. The fraction of sp³-hybridized carbons (Fsp3) is 0.704. The van der Waals surface area contributed by atoms with Crippen molar-refractivity contribution in [2.24, 2.45) is 23.7 Å². The summed E-state index contributed by atoms with van der Waals surface area (Å²) in [5, 5.41) is 0. The molecule has 10 heteroatoms. The van der Waals surface area contributed by atoms with Crippen molar-refractivity contribution in [3.8, 4) is 11.5 Å². The molecule has 0 spiro atoms. The van der Waals surface area contributed by atoms with E-state index in [0.717, 1.165) is 62.2 Å². The molecule has 2 aliphatic carbocycles.